The fourth-order valence-corrected chi connectivity index (χ4v) is 1.68. The Labute approximate surface area is 92.5 Å². The number of hydrogen-bond donors (Lipinski definition) is 1. The highest BCUT2D eigenvalue weighted by Crippen LogP contribution is 2.16. The summed E-state index contributed by atoms with van der Waals surface area (Å²) in [6.45, 7) is 9.28. The van der Waals surface area contributed by atoms with Crippen LogP contribution in [-0.4, -0.2) is 24.7 Å². The second kappa shape index (κ2) is 6.40. The minimum Gasteiger partial charge on any atom is -0.344 e. The van der Waals surface area contributed by atoms with Crippen LogP contribution in [0.2, 0.25) is 0 Å². The van der Waals surface area contributed by atoms with Crippen molar-refractivity contribution in [1.29, 1.82) is 0 Å². The van der Waals surface area contributed by atoms with Gasteiger partial charge < -0.3 is 4.90 Å². The first-order valence-electron chi connectivity index (χ1n) is 5.75. The SMILES string of the molecule is CC.Cc1cccnc1N1CCCNC1. The Morgan fingerprint density at radius 1 is 1.40 bits per heavy atom. The van der Waals surface area contributed by atoms with Crippen LogP contribution >= 0.6 is 0 Å². The molecule has 2 heterocycles. The second-order valence-electron chi connectivity index (χ2n) is 3.42. The molecule has 0 saturated carbocycles. The molecule has 0 unspecified atom stereocenters. The Hall–Kier alpha value is -1.09. The number of aryl methyl sites for hydroxylation is 1. The van der Waals surface area contributed by atoms with Crippen LogP contribution in [0.3, 0.4) is 0 Å². The molecule has 3 heteroatoms. The van der Waals surface area contributed by atoms with Crippen LogP contribution in [0.25, 0.3) is 0 Å². The third-order valence-corrected chi connectivity index (χ3v) is 2.37. The van der Waals surface area contributed by atoms with Gasteiger partial charge in [0.15, 0.2) is 0 Å². The summed E-state index contributed by atoms with van der Waals surface area (Å²) in [5.41, 5.74) is 1.26. The molecule has 0 amide bonds. The highest BCUT2D eigenvalue weighted by atomic mass is 15.3. The lowest BCUT2D eigenvalue weighted by Gasteiger charge is -2.29. The number of nitrogens with zero attached hydrogens (tertiary/aromatic N) is 2. The van der Waals surface area contributed by atoms with Crippen molar-refractivity contribution in [2.75, 3.05) is 24.7 Å². The average Bonchev–Trinajstić information content (AvgIpc) is 2.33. The smallest absolute Gasteiger partial charge is 0.132 e. The van der Waals surface area contributed by atoms with Gasteiger partial charge in [-0.15, -0.1) is 0 Å². The Morgan fingerprint density at radius 2 is 2.20 bits per heavy atom. The molecule has 1 saturated heterocycles. The molecule has 2 rings (SSSR count). The quantitative estimate of drug-likeness (QED) is 0.765. The molecule has 1 aliphatic heterocycles. The van der Waals surface area contributed by atoms with Crippen LogP contribution in [0.4, 0.5) is 5.82 Å². The molecule has 0 aromatic carbocycles. The van der Waals surface area contributed by atoms with Crippen molar-refractivity contribution in [2.24, 2.45) is 0 Å². The van der Waals surface area contributed by atoms with E-state index in [1.165, 1.54) is 12.0 Å². The Balaban J connectivity index is 0.000000531. The molecule has 1 aliphatic rings. The number of nitrogens with one attached hydrogen (secondary N) is 1. The van der Waals surface area contributed by atoms with Gasteiger partial charge in [0.05, 0.1) is 6.67 Å². The highest BCUT2D eigenvalue weighted by molar-refractivity contribution is 5.45. The van der Waals surface area contributed by atoms with E-state index in [-0.39, 0.29) is 0 Å². The van der Waals surface area contributed by atoms with E-state index in [0.29, 0.717) is 0 Å². The molecule has 0 aliphatic carbocycles. The van der Waals surface area contributed by atoms with E-state index in [9.17, 15) is 0 Å². The largest absolute Gasteiger partial charge is 0.344 e. The molecular formula is C12H21N3. The molecule has 1 N–H and O–H groups in total. The normalized spacial score (nSPS) is 15.5. The first kappa shape index (κ1) is 12.0. The van der Waals surface area contributed by atoms with Gasteiger partial charge in [-0.05, 0) is 31.5 Å². The number of hydrogen-bond acceptors (Lipinski definition) is 3. The molecule has 1 fully saturated rings. The standard InChI is InChI=1S/C10H15N3.C2H6/c1-9-4-2-6-12-10(9)13-7-3-5-11-8-13;1-2/h2,4,6,11H,3,5,7-8H2,1H3;1-2H3. The van der Waals surface area contributed by atoms with Crippen molar-refractivity contribution in [2.45, 2.75) is 27.2 Å². The van der Waals surface area contributed by atoms with Gasteiger partial charge in [0.2, 0.25) is 0 Å². The summed E-state index contributed by atoms with van der Waals surface area (Å²) in [6.07, 6.45) is 3.06. The summed E-state index contributed by atoms with van der Waals surface area (Å²) in [7, 11) is 0. The summed E-state index contributed by atoms with van der Waals surface area (Å²) in [6, 6.07) is 4.09. The Morgan fingerprint density at radius 3 is 2.80 bits per heavy atom. The Bertz CT molecular complexity index is 280. The van der Waals surface area contributed by atoms with Crippen molar-refractivity contribution >= 4 is 5.82 Å². The molecular weight excluding hydrogens is 186 g/mol. The van der Waals surface area contributed by atoms with Gasteiger partial charge >= 0.3 is 0 Å². The number of rotatable bonds is 1. The van der Waals surface area contributed by atoms with Crippen LogP contribution in [0, 0.1) is 6.92 Å². The van der Waals surface area contributed by atoms with Gasteiger partial charge in [-0.3, -0.25) is 5.32 Å². The maximum absolute atomic E-state index is 4.39. The zero-order valence-corrected chi connectivity index (χ0v) is 9.95. The molecule has 0 bridgehead atoms. The van der Waals surface area contributed by atoms with Crippen LogP contribution < -0.4 is 10.2 Å². The van der Waals surface area contributed by atoms with Crippen LogP contribution in [0.15, 0.2) is 18.3 Å². The molecule has 3 nitrogen and oxygen atoms in total. The van der Waals surface area contributed by atoms with Crippen molar-refractivity contribution < 1.29 is 0 Å². The lowest BCUT2D eigenvalue weighted by Crippen LogP contribution is -2.42. The maximum Gasteiger partial charge on any atom is 0.132 e. The molecule has 0 spiro atoms. The summed E-state index contributed by atoms with van der Waals surface area (Å²) in [4.78, 5) is 6.68. The summed E-state index contributed by atoms with van der Waals surface area (Å²) >= 11 is 0. The van der Waals surface area contributed by atoms with Crippen molar-refractivity contribution in [3.8, 4) is 0 Å². The van der Waals surface area contributed by atoms with Crippen LogP contribution in [-0.2, 0) is 0 Å². The fraction of sp³-hybridized carbons (Fsp3) is 0.583. The minimum absolute atomic E-state index is 0.928. The predicted octanol–water partition coefficient (Wildman–Crippen LogP) is 2.17. The van der Waals surface area contributed by atoms with E-state index in [1.54, 1.807) is 0 Å². The highest BCUT2D eigenvalue weighted by Gasteiger charge is 2.12. The topological polar surface area (TPSA) is 28.2 Å². The lowest BCUT2D eigenvalue weighted by atomic mass is 10.2. The summed E-state index contributed by atoms with van der Waals surface area (Å²) in [5, 5.41) is 3.35. The van der Waals surface area contributed by atoms with Crippen LogP contribution in [0.1, 0.15) is 25.8 Å². The first-order chi connectivity index (χ1) is 7.38. The monoisotopic (exact) mass is 207 g/mol. The second-order valence-corrected chi connectivity index (χ2v) is 3.42. The Kier molecular flexibility index (Phi) is 5.12. The van der Waals surface area contributed by atoms with Gasteiger partial charge in [0, 0.05) is 12.7 Å². The molecule has 1 aromatic heterocycles. The summed E-state index contributed by atoms with van der Waals surface area (Å²) in [5.74, 6) is 1.12. The van der Waals surface area contributed by atoms with Crippen LogP contribution in [0.5, 0.6) is 0 Å². The van der Waals surface area contributed by atoms with Gasteiger partial charge in [-0.2, -0.15) is 0 Å². The maximum atomic E-state index is 4.39. The van der Waals surface area contributed by atoms with Crippen molar-refractivity contribution in [3.63, 3.8) is 0 Å². The van der Waals surface area contributed by atoms with E-state index in [1.807, 2.05) is 26.1 Å². The van der Waals surface area contributed by atoms with E-state index in [0.717, 1.165) is 25.6 Å². The number of aromatic nitrogens is 1. The van der Waals surface area contributed by atoms with E-state index < -0.39 is 0 Å². The average molecular weight is 207 g/mol. The third-order valence-electron chi connectivity index (χ3n) is 2.37. The number of pyridine rings is 1. The lowest BCUT2D eigenvalue weighted by molar-refractivity contribution is 0.548. The van der Waals surface area contributed by atoms with E-state index in [2.05, 4.69) is 28.2 Å². The van der Waals surface area contributed by atoms with Gasteiger partial charge in [0.1, 0.15) is 5.82 Å². The minimum atomic E-state index is 0.928. The van der Waals surface area contributed by atoms with Crippen molar-refractivity contribution in [3.05, 3.63) is 23.9 Å². The van der Waals surface area contributed by atoms with Crippen molar-refractivity contribution in [1.82, 2.24) is 10.3 Å². The molecule has 15 heavy (non-hydrogen) atoms. The van der Waals surface area contributed by atoms with E-state index >= 15 is 0 Å². The van der Waals surface area contributed by atoms with Gasteiger partial charge in [-0.25, -0.2) is 4.98 Å². The molecule has 0 atom stereocenters. The fourth-order valence-electron chi connectivity index (χ4n) is 1.68. The predicted molar refractivity (Wildman–Crippen MR) is 65.2 cm³/mol. The molecule has 1 aromatic rings. The van der Waals surface area contributed by atoms with E-state index in [4.69, 9.17) is 0 Å². The molecule has 84 valence electrons. The number of anilines is 1. The van der Waals surface area contributed by atoms with Gasteiger partial charge in [0.25, 0.3) is 0 Å². The summed E-state index contributed by atoms with van der Waals surface area (Å²) < 4.78 is 0. The molecule has 0 radical (unpaired) electrons. The third kappa shape index (κ3) is 3.20. The zero-order chi connectivity index (χ0) is 11.1. The van der Waals surface area contributed by atoms with Gasteiger partial charge in [-0.1, -0.05) is 19.9 Å². The first-order valence-corrected chi connectivity index (χ1v) is 5.75. The zero-order valence-electron chi connectivity index (χ0n) is 9.95.